The van der Waals surface area contributed by atoms with Crippen molar-refractivity contribution >= 4 is 27.5 Å². The van der Waals surface area contributed by atoms with Gasteiger partial charge in [0.1, 0.15) is 4.83 Å². The van der Waals surface area contributed by atoms with Gasteiger partial charge >= 0.3 is 0 Å². The SMILES string of the molecule is Cc1nn(C)c2sc(C(=O)N(C)C3CCNCC3)cc12. The summed E-state index contributed by atoms with van der Waals surface area (Å²) in [5, 5.41) is 8.81. The number of hydrogen-bond donors (Lipinski definition) is 1. The van der Waals surface area contributed by atoms with Crippen LogP contribution in [0.4, 0.5) is 0 Å². The number of carbonyl (C=O) groups is 1. The summed E-state index contributed by atoms with van der Waals surface area (Å²) < 4.78 is 1.86. The smallest absolute Gasteiger partial charge is 0.264 e. The van der Waals surface area contributed by atoms with Gasteiger partial charge in [0.15, 0.2) is 0 Å². The average Bonchev–Trinajstić information content (AvgIpc) is 3.01. The molecule has 0 radical (unpaired) electrons. The number of aryl methyl sites for hydroxylation is 2. The van der Waals surface area contributed by atoms with Crippen LogP contribution in [0.5, 0.6) is 0 Å². The molecule has 0 unspecified atom stereocenters. The van der Waals surface area contributed by atoms with E-state index < -0.39 is 0 Å². The first kappa shape index (κ1) is 13.6. The molecule has 1 saturated heterocycles. The molecule has 0 saturated carbocycles. The average molecular weight is 292 g/mol. The number of fused-ring (bicyclic) bond motifs is 1. The second kappa shape index (κ2) is 5.18. The van der Waals surface area contributed by atoms with Crippen LogP contribution < -0.4 is 5.32 Å². The van der Waals surface area contributed by atoms with Crippen molar-refractivity contribution in [3.8, 4) is 0 Å². The van der Waals surface area contributed by atoms with E-state index in [1.165, 1.54) is 11.3 Å². The van der Waals surface area contributed by atoms with Gasteiger partial charge in [0.2, 0.25) is 0 Å². The molecule has 1 aliphatic rings. The lowest BCUT2D eigenvalue weighted by Gasteiger charge is -2.31. The van der Waals surface area contributed by atoms with E-state index in [0.717, 1.165) is 46.7 Å². The Hall–Kier alpha value is -1.40. The summed E-state index contributed by atoms with van der Waals surface area (Å²) in [5.41, 5.74) is 0.988. The highest BCUT2D eigenvalue weighted by Crippen LogP contribution is 2.29. The van der Waals surface area contributed by atoms with Gasteiger partial charge in [-0.05, 0) is 38.9 Å². The lowest BCUT2D eigenvalue weighted by molar-refractivity contribution is 0.0708. The number of thiophene rings is 1. The van der Waals surface area contributed by atoms with E-state index in [1.807, 2.05) is 36.7 Å². The molecule has 2 aromatic rings. The zero-order valence-corrected chi connectivity index (χ0v) is 13.0. The second-order valence-corrected chi connectivity index (χ2v) is 6.47. The molecule has 0 spiro atoms. The number of nitrogens with one attached hydrogen (secondary N) is 1. The molecule has 3 rings (SSSR count). The molecule has 0 aromatic carbocycles. The van der Waals surface area contributed by atoms with Crippen molar-refractivity contribution in [2.45, 2.75) is 25.8 Å². The highest BCUT2D eigenvalue weighted by atomic mass is 32.1. The number of hydrogen-bond acceptors (Lipinski definition) is 4. The van der Waals surface area contributed by atoms with E-state index in [1.54, 1.807) is 0 Å². The molecule has 1 aliphatic heterocycles. The van der Waals surface area contributed by atoms with Gasteiger partial charge in [-0.25, -0.2) is 0 Å². The van der Waals surface area contributed by atoms with E-state index in [-0.39, 0.29) is 5.91 Å². The largest absolute Gasteiger partial charge is 0.338 e. The van der Waals surface area contributed by atoms with Crippen LogP contribution in [-0.4, -0.2) is 46.8 Å². The predicted molar refractivity (Wildman–Crippen MR) is 81.3 cm³/mol. The number of amides is 1. The summed E-state index contributed by atoms with van der Waals surface area (Å²) >= 11 is 1.54. The van der Waals surface area contributed by atoms with E-state index in [4.69, 9.17) is 0 Å². The fourth-order valence-corrected chi connectivity index (χ4v) is 3.95. The van der Waals surface area contributed by atoms with E-state index in [2.05, 4.69) is 10.4 Å². The zero-order valence-electron chi connectivity index (χ0n) is 12.1. The molecule has 108 valence electrons. The van der Waals surface area contributed by atoms with Gasteiger partial charge in [-0.3, -0.25) is 9.48 Å². The minimum atomic E-state index is 0.137. The molecular formula is C14H20N4OS. The normalized spacial score (nSPS) is 16.8. The molecule has 1 N–H and O–H groups in total. The molecular weight excluding hydrogens is 272 g/mol. The third-order valence-electron chi connectivity index (χ3n) is 4.08. The van der Waals surface area contributed by atoms with Crippen LogP contribution in [0.25, 0.3) is 10.2 Å². The summed E-state index contributed by atoms with van der Waals surface area (Å²) in [6, 6.07) is 2.34. The maximum Gasteiger partial charge on any atom is 0.264 e. The second-order valence-electron chi connectivity index (χ2n) is 5.44. The first-order chi connectivity index (χ1) is 9.58. The first-order valence-corrected chi connectivity index (χ1v) is 7.80. The van der Waals surface area contributed by atoms with Crippen LogP contribution in [0.2, 0.25) is 0 Å². The number of aromatic nitrogens is 2. The monoisotopic (exact) mass is 292 g/mol. The lowest BCUT2D eigenvalue weighted by atomic mass is 10.1. The van der Waals surface area contributed by atoms with E-state index in [9.17, 15) is 4.79 Å². The highest BCUT2D eigenvalue weighted by Gasteiger charge is 2.24. The molecule has 5 nitrogen and oxygen atoms in total. The molecule has 0 bridgehead atoms. The van der Waals surface area contributed by atoms with Crippen LogP contribution in [0.15, 0.2) is 6.07 Å². The summed E-state index contributed by atoms with van der Waals surface area (Å²) in [4.78, 5) is 16.4. The topological polar surface area (TPSA) is 50.2 Å². The number of rotatable bonds is 2. The molecule has 20 heavy (non-hydrogen) atoms. The molecule has 3 heterocycles. The predicted octanol–water partition coefficient (Wildman–Crippen LogP) is 1.77. The van der Waals surface area contributed by atoms with Crippen molar-refractivity contribution in [2.75, 3.05) is 20.1 Å². The molecule has 0 aliphatic carbocycles. The Balaban J connectivity index is 1.86. The number of carbonyl (C=O) groups excluding carboxylic acids is 1. The van der Waals surface area contributed by atoms with Crippen molar-refractivity contribution in [1.29, 1.82) is 0 Å². The Kier molecular flexibility index (Phi) is 3.52. The standard InChI is InChI=1S/C14H20N4OS/c1-9-11-8-12(20-14(11)18(3)16-9)13(19)17(2)10-4-6-15-7-5-10/h8,10,15H,4-7H2,1-3H3. The summed E-state index contributed by atoms with van der Waals surface area (Å²) in [5.74, 6) is 0.137. The van der Waals surface area contributed by atoms with Gasteiger partial charge in [0.25, 0.3) is 5.91 Å². The maximum atomic E-state index is 12.6. The minimum absolute atomic E-state index is 0.137. The Morgan fingerprint density at radius 1 is 1.50 bits per heavy atom. The summed E-state index contributed by atoms with van der Waals surface area (Å²) in [7, 11) is 3.85. The maximum absolute atomic E-state index is 12.6. The molecule has 2 aromatic heterocycles. The lowest BCUT2D eigenvalue weighted by Crippen LogP contribution is -2.43. The van der Waals surface area contributed by atoms with Crippen LogP contribution in [0, 0.1) is 6.92 Å². The van der Waals surface area contributed by atoms with Crippen molar-refractivity contribution in [3.05, 3.63) is 16.6 Å². The fraction of sp³-hybridized carbons (Fsp3) is 0.571. The van der Waals surface area contributed by atoms with Crippen LogP contribution in [0.1, 0.15) is 28.2 Å². The van der Waals surface area contributed by atoms with Gasteiger partial charge in [-0.1, -0.05) is 0 Å². The molecule has 1 fully saturated rings. The summed E-state index contributed by atoms with van der Waals surface area (Å²) in [6.45, 7) is 3.98. The van der Waals surface area contributed by atoms with Gasteiger partial charge in [-0.2, -0.15) is 5.10 Å². The van der Waals surface area contributed by atoms with Gasteiger partial charge in [0.05, 0.1) is 10.6 Å². The third-order valence-corrected chi connectivity index (χ3v) is 5.27. The Bertz CT molecular complexity index is 604. The molecule has 0 atom stereocenters. The Morgan fingerprint density at radius 3 is 2.85 bits per heavy atom. The van der Waals surface area contributed by atoms with E-state index in [0.29, 0.717) is 6.04 Å². The highest BCUT2D eigenvalue weighted by molar-refractivity contribution is 7.20. The third kappa shape index (κ3) is 2.23. The van der Waals surface area contributed by atoms with Crippen molar-refractivity contribution < 1.29 is 4.79 Å². The van der Waals surface area contributed by atoms with Crippen LogP contribution in [-0.2, 0) is 7.05 Å². The van der Waals surface area contributed by atoms with Crippen molar-refractivity contribution in [2.24, 2.45) is 7.05 Å². The van der Waals surface area contributed by atoms with Crippen molar-refractivity contribution in [1.82, 2.24) is 20.0 Å². The minimum Gasteiger partial charge on any atom is -0.338 e. The summed E-state index contributed by atoms with van der Waals surface area (Å²) in [6.07, 6.45) is 2.07. The van der Waals surface area contributed by atoms with Crippen molar-refractivity contribution in [3.63, 3.8) is 0 Å². The Labute approximate surface area is 122 Å². The number of piperidine rings is 1. The van der Waals surface area contributed by atoms with Gasteiger partial charge in [-0.15, -0.1) is 11.3 Å². The quantitative estimate of drug-likeness (QED) is 0.918. The first-order valence-electron chi connectivity index (χ1n) is 6.99. The van der Waals surface area contributed by atoms with Gasteiger partial charge in [0, 0.05) is 25.5 Å². The molecule has 1 amide bonds. The number of nitrogens with zero attached hydrogens (tertiary/aromatic N) is 3. The van der Waals surface area contributed by atoms with Gasteiger partial charge < -0.3 is 10.2 Å². The Morgan fingerprint density at radius 2 is 2.20 bits per heavy atom. The zero-order chi connectivity index (χ0) is 14.3. The molecule has 6 heteroatoms. The van der Waals surface area contributed by atoms with Crippen LogP contribution >= 0.6 is 11.3 Å². The van der Waals surface area contributed by atoms with Crippen LogP contribution in [0.3, 0.4) is 0 Å². The van der Waals surface area contributed by atoms with E-state index >= 15 is 0 Å². The fourth-order valence-electron chi connectivity index (χ4n) is 2.84.